The number of hydrogen-bond donors (Lipinski definition) is 0. The summed E-state index contributed by atoms with van der Waals surface area (Å²) in [5.41, 5.74) is 4.51. The van der Waals surface area contributed by atoms with Crippen LogP contribution in [0.3, 0.4) is 0 Å². The molecule has 0 aromatic heterocycles. The fourth-order valence-corrected chi connectivity index (χ4v) is 14.8. The summed E-state index contributed by atoms with van der Waals surface area (Å²) in [6, 6.07) is 20.5. The Hall–Kier alpha value is -2.24. The average molecular weight is 668 g/mol. The number of carbonyl (C=O) groups is 2. The van der Waals surface area contributed by atoms with Gasteiger partial charge in [-0.05, 0) is 0 Å². The zero-order valence-corrected chi connectivity index (χ0v) is 22.9. The van der Waals surface area contributed by atoms with Crippen LogP contribution in [0.1, 0.15) is 25.0 Å². The van der Waals surface area contributed by atoms with Gasteiger partial charge in [0.25, 0.3) is 0 Å². The summed E-state index contributed by atoms with van der Waals surface area (Å²) in [5.74, 6) is -0.785. The molecule has 4 aromatic carbocycles. The monoisotopic (exact) mass is 668 g/mol. The summed E-state index contributed by atoms with van der Waals surface area (Å²) < 4.78 is 20.1. The molecule has 5 rings (SSSR count). The van der Waals surface area contributed by atoms with E-state index in [-0.39, 0.29) is 0 Å². The van der Waals surface area contributed by atoms with Gasteiger partial charge in [-0.3, -0.25) is 0 Å². The maximum atomic E-state index is 12.1. The van der Waals surface area contributed by atoms with Crippen molar-refractivity contribution in [3.8, 4) is 11.1 Å². The standard InChI is InChI=1S/C26H22I2O5/c1-15-11-13-19-7-5-9-21-25(19)23(15)24-16(2)12-14-20-8-6-10-22(26(20)24)28(32-18(4)30)33-27(21)31-17(3)29/h5-14H,1-4H3. The summed E-state index contributed by atoms with van der Waals surface area (Å²) in [5, 5.41) is 4.23. The normalized spacial score (nSPS) is 15.0. The van der Waals surface area contributed by atoms with E-state index in [1.165, 1.54) is 13.8 Å². The summed E-state index contributed by atoms with van der Waals surface area (Å²) in [6.07, 6.45) is 0. The quantitative estimate of drug-likeness (QED) is 0.208. The van der Waals surface area contributed by atoms with Gasteiger partial charge < -0.3 is 0 Å². The molecular weight excluding hydrogens is 646 g/mol. The molecular formula is C26H22I2O5. The number of carbonyl (C=O) groups excluding carboxylic acids is 2. The molecule has 0 bridgehead atoms. The van der Waals surface area contributed by atoms with Gasteiger partial charge in [-0.25, -0.2) is 0 Å². The zero-order valence-electron chi connectivity index (χ0n) is 18.6. The van der Waals surface area contributed by atoms with Crippen LogP contribution < -0.4 is 0 Å². The number of rotatable bonds is 2. The van der Waals surface area contributed by atoms with Gasteiger partial charge in [0.15, 0.2) is 0 Å². The molecule has 0 aliphatic carbocycles. The van der Waals surface area contributed by atoms with E-state index in [0.29, 0.717) is 0 Å². The van der Waals surface area contributed by atoms with Gasteiger partial charge in [0.2, 0.25) is 0 Å². The van der Waals surface area contributed by atoms with Crippen molar-refractivity contribution in [2.75, 3.05) is 0 Å². The molecule has 0 fully saturated rings. The number of aryl methyl sites for hydroxylation is 2. The minimum atomic E-state index is -2.98. The Morgan fingerprint density at radius 3 is 1.48 bits per heavy atom. The second-order valence-corrected chi connectivity index (χ2v) is 16.1. The van der Waals surface area contributed by atoms with Crippen molar-refractivity contribution < 1.29 is 17.1 Å². The molecule has 0 N–H and O–H groups in total. The Morgan fingerprint density at radius 2 is 1.09 bits per heavy atom. The van der Waals surface area contributed by atoms with Gasteiger partial charge in [-0.1, -0.05) is 0 Å². The van der Waals surface area contributed by atoms with Crippen LogP contribution in [0.4, 0.5) is 0 Å². The summed E-state index contributed by atoms with van der Waals surface area (Å²) >= 11 is -5.97. The first-order valence-corrected chi connectivity index (χ1v) is 16.1. The third-order valence-electron chi connectivity index (χ3n) is 5.45. The Balaban J connectivity index is 1.99. The number of halogens is 2. The van der Waals surface area contributed by atoms with Crippen LogP contribution in [0.25, 0.3) is 32.7 Å². The van der Waals surface area contributed by atoms with Crippen molar-refractivity contribution in [1.82, 2.24) is 0 Å². The molecule has 1 aliphatic heterocycles. The van der Waals surface area contributed by atoms with Crippen LogP contribution in [-0.2, 0) is 17.1 Å². The van der Waals surface area contributed by atoms with Crippen LogP contribution in [0.15, 0.2) is 60.7 Å². The van der Waals surface area contributed by atoms with E-state index in [4.69, 9.17) is 7.53 Å². The van der Waals surface area contributed by atoms with E-state index < -0.39 is 53.2 Å². The Morgan fingerprint density at radius 1 is 0.667 bits per heavy atom. The van der Waals surface area contributed by atoms with Gasteiger partial charge in [-0.15, -0.1) is 0 Å². The van der Waals surface area contributed by atoms with Crippen LogP contribution in [0.5, 0.6) is 0 Å². The van der Waals surface area contributed by atoms with Gasteiger partial charge in [0.1, 0.15) is 0 Å². The molecule has 0 spiro atoms. The van der Waals surface area contributed by atoms with Gasteiger partial charge in [-0.2, -0.15) is 0 Å². The van der Waals surface area contributed by atoms with Crippen molar-refractivity contribution in [2.24, 2.45) is 0 Å². The van der Waals surface area contributed by atoms with E-state index in [9.17, 15) is 9.59 Å². The molecule has 33 heavy (non-hydrogen) atoms. The number of fused-ring (bicyclic) bond motifs is 1. The van der Waals surface area contributed by atoms with Crippen molar-refractivity contribution >= 4 is 74.8 Å². The molecule has 0 amide bonds. The second-order valence-electron chi connectivity index (χ2n) is 7.82. The Kier molecular flexibility index (Phi) is 6.04. The molecule has 0 saturated heterocycles. The van der Waals surface area contributed by atoms with E-state index >= 15 is 0 Å². The fraction of sp³-hybridized carbons (Fsp3) is 0.154. The van der Waals surface area contributed by atoms with Crippen LogP contribution in [0, 0.1) is 21.0 Å². The predicted octanol–water partition coefficient (Wildman–Crippen LogP) is 7.45. The van der Waals surface area contributed by atoms with Crippen molar-refractivity contribution in [3.63, 3.8) is 0 Å². The summed E-state index contributed by atoms with van der Waals surface area (Å²) in [7, 11) is 0. The fourth-order valence-electron chi connectivity index (χ4n) is 4.19. The van der Waals surface area contributed by atoms with Gasteiger partial charge >= 0.3 is 210 Å². The van der Waals surface area contributed by atoms with E-state index in [1.807, 2.05) is 24.3 Å². The van der Waals surface area contributed by atoms with E-state index in [2.05, 4.69) is 50.2 Å². The molecule has 1 heterocycles. The minimum absolute atomic E-state index is 0.392. The van der Waals surface area contributed by atoms with Crippen LogP contribution >= 0.6 is 41.3 Å². The maximum absolute atomic E-state index is 12.1. The first-order chi connectivity index (χ1) is 15.8. The van der Waals surface area contributed by atoms with E-state index in [1.54, 1.807) is 0 Å². The molecule has 5 nitrogen and oxygen atoms in total. The van der Waals surface area contributed by atoms with Crippen molar-refractivity contribution in [3.05, 3.63) is 78.9 Å². The molecule has 0 radical (unpaired) electrons. The second kappa shape index (κ2) is 8.84. The first kappa shape index (κ1) is 22.5. The third-order valence-corrected chi connectivity index (χ3v) is 15.8. The Labute approximate surface area is 208 Å². The molecule has 0 saturated carbocycles. The third kappa shape index (κ3) is 4.00. The molecule has 170 valence electrons. The molecule has 7 heteroatoms. The van der Waals surface area contributed by atoms with Crippen molar-refractivity contribution in [2.45, 2.75) is 27.7 Å². The van der Waals surface area contributed by atoms with Gasteiger partial charge in [0, 0.05) is 0 Å². The molecule has 0 unspecified atom stereocenters. The zero-order chi connectivity index (χ0) is 23.3. The average Bonchev–Trinajstić information content (AvgIpc) is 2.81. The van der Waals surface area contributed by atoms with Crippen LogP contribution in [0.2, 0.25) is 0 Å². The van der Waals surface area contributed by atoms with Gasteiger partial charge in [0.05, 0.1) is 0 Å². The number of benzene rings is 4. The number of hydrogen-bond acceptors (Lipinski definition) is 5. The van der Waals surface area contributed by atoms with Crippen molar-refractivity contribution in [1.29, 1.82) is 0 Å². The first-order valence-electron chi connectivity index (χ1n) is 10.4. The molecule has 0 atom stereocenters. The van der Waals surface area contributed by atoms with E-state index in [0.717, 1.165) is 50.9 Å². The topological polar surface area (TPSA) is 61.8 Å². The SMILES string of the molecule is CC(=O)OI1OI(OC(C)=O)c2cccc3ccc(C)c(c23)-c2c(C)ccc3cccc1c23. The summed E-state index contributed by atoms with van der Waals surface area (Å²) in [6.45, 7) is 7.01. The summed E-state index contributed by atoms with van der Waals surface area (Å²) in [4.78, 5) is 24.3. The molecule has 1 aliphatic rings. The van der Waals surface area contributed by atoms with Crippen LogP contribution in [-0.4, -0.2) is 11.9 Å². The molecule has 4 aromatic rings. The Bertz CT molecular complexity index is 1340. The predicted molar refractivity (Wildman–Crippen MR) is 146 cm³/mol.